The van der Waals surface area contributed by atoms with Crippen LogP contribution in [0.25, 0.3) is 0 Å². The lowest BCUT2D eigenvalue weighted by Crippen LogP contribution is -2.57. The van der Waals surface area contributed by atoms with E-state index in [2.05, 4.69) is 20.6 Å². The molecule has 44 heavy (non-hydrogen) atoms. The van der Waals surface area contributed by atoms with Crippen molar-refractivity contribution in [1.82, 2.24) is 20.6 Å². The third-order valence-corrected chi connectivity index (χ3v) is 8.37. The SMILES string of the molecule is N#Cc1ccc(CCNC(=O)[C@@H]2CCN2c2cc(N3CCC(CCCC(=O)NCP(=O)(O)O)CC3)nc(C(F)(F)F)n2)cc1. The first-order chi connectivity index (χ1) is 20.8. The topological polar surface area (TPSA) is 172 Å². The Hall–Kier alpha value is -3.73. The minimum Gasteiger partial charge on any atom is -0.356 e. The molecule has 0 aliphatic carbocycles. The van der Waals surface area contributed by atoms with Crippen molar-refractivity contribution >= 4 is 31.0 Å². The van der Waals surface area contributed by atoms with E-state index in [-0.39, 0.29) is 29.9 Å². The third-order valence-electron chi connectivity index (χ3n) is 7.80. The number of aromatic nitrogens is 2. The Balaban J connectivity index is 1.32. The van der Waals surface area contributed by atoms with Crippen molar-refractivity contribution in [1.29, 1.82) is 5.26 Å². The molecule has 0 spiro atoms. The van der Waals surface area contributed by atoms with Crippen LogP contribution in [0.1, 0.15) is 55.5 Å². The lowest BCUT2D eigenvalue weighted by Gasteiger charge is -2.41. The summed E-state index contributed by atoms with van der Waals surface area (Å²) in [6.07, 6.45) is -1.73. The maximum absolute atomic E-state index is 13.8. The molecule has 1 atom stereocenters. The number of carbonyl (C=O) groups excluding carboxylic acids is 2. The van der Waals surface area contributed by atoms with E-state index in [0.29, 0.717) is 70.3 Å². The van der Waals surface area contributed by atoms with Crippen LogP contribution in [0.15, 0.2) is 30.3 Å². The Bertz CT molecular complexity index is 1410. The zero-order valence-corrected chi connectivity index (χ0v) is 24.9. The summed E-state index contributed by atoms with van der Waals surface area (Å²) in [4.78, 5) is 53.3. The van der Waals surface area contributed by atoms with Crippen LogP contribution in [0, 0.1) is 17.2 Å². The van der Waals surface area contributed by atoms with Gasteiger partial charge in [-0.1, -0.05) is 12.1 Å². The predicted octanol–water partition coefficient (Wildman–Crippen LogP) is 2.94. The summed E-state index contributed by atoms with van der Waals surface area (Å²) in [6, 6.07) is 9.90. The molecule has 0 saturated carbocycles. The Morgan fingerprint density at radius 1 is 1.05 bits per heavy atom. The van der Waals surface area contributed by atoms with Crippen LogP contribution in [0.5, 0.6) is 0 Å². The van der Waals surface area contributed by atoms with E-state index in [0.717, 1.165) is 5.56 Å². The monoisotopic (exact) mass is 637 g/mol. The van der Waals surface area contributed by atoms with Gasteiger partial charge in [0.25, 0.3) is 0 Å². The van der Waals surface area contributed by atoms with Crippen molar-refractivity contribution in [2.75, 3.05) is 42.3 Å². The van der Waals surface area contributed by atoms with Crippen molar-refractivity contribution in [2.24, 2.45) is 5.92 Å². The second-order valence-corrected chi connectivity index (χ2v) is 12.6. The fourth-order valence-corrected chi connectivity index (χ4v) is 5.65. The molecule has 2 saturated heterocycles. The van der Waals surface area contributed by atoms with Crippen LogP contribution in [0.3, 0.4) is 0 Å². The summed E-state index contributed by atoms with van der Waals surface area (Å²) in [7, 11) is -4.31. The van der Waals surface area contributed by atoms with Gasteiger partial charge >= 0.3 is 13.8 Å². The highest BCUT2D eigenvalue weighted by molar-refractivity contribution is 7.51. The summed E-state index contributed by atoms with van der Waals surface area (Å²) in [5.41, 5.74) is 1.48. The van der Waals surface area contributed by atoms with E-state index in [4.69, 9.17) is 15.0 Å². The number of hydrogen-bond acceptors (Lipinski definition) is 8. The number of piperidine rings is 1. The standard InChI is InChI=1S/C28H35F3N7O5P/c29-28(30,31)27-35-23(37-13-9-19(10-14-37)2-1-3-25(39)34-18-44(41,42)43)16-24(36-27)38-15-11-22(38)26(40)33-12-8-20-4-6-21(17-32)7-5-20/h4-7,16,19,22H,1-3,8-15,18H2,(H,33,40)(H,34,39)(H2,41,42,43)/t22-/m0/s1. The molecule has 238 valence electrons. The average Bonchev–Trinajstić information content (AvgIpc) is 2.95. The predicted molar refractivity (Wildman–Crippen MR) is 154 cm³/mol. The lowest BCUT2D eigenvalue weighted by atomic mass is 9.91. The van der Waals surface area contributed by atoms with Gasteiger partial charge in [0.1, 0.15) is 24.0 Å². The van der Waals surface area contributed by atoms with Crippen LogP contribution in [-0.2, 0) is 26.8 Å². The summed E-state index contributed by atoms with van der Waals surface area (Å²) >= 11 is 0. The Morgan fingerprint density at radius 3 is 2.32 bits per heavy atom. The Labute approximate surface area is 252 Å². The summed E-state index contributed by atoms with van der Waals surface area (Å²) in [5.74, 6) is -1.57. The number of halogens is 3. The summed E-state index contributed by atoms with van der Waals surface area (Å²) < 4.78 is 52.2. The highest BCUT2D eigenvalue weighted by Gasteiger charge is 2.40. The number of carbonyl (C=O) groups is 2. The van der Waals surface area contributed by atoms with Crippen molar-refractivity contribution in [3.63, 3.8) is 0 Å². The fourth-order valence-electron chi connectivity index (χ4n) is 5.27. The molecule has 4 N–H and O–H groups in total. The number of rotatable bonds is 12. The number of benzene rings is 1. The summed E-state index contributed by atoms with van der Waals surface area (Å²) in [6.45, 7) is 1.64. The first kappa shape index (κ1) is 33.2. The minimum absolute atomic E-state index is 0.0456. The molecule has 0 radical (unpaired) electrons. The second-order valence-electron chi connectivity index (χ2n) is 11.0. The van der Waals surface area contributed by atoms with E-state index >= 15 is 0 Å². The quantitative estimate of drug-likeness (QED) is 0.254. The molecule has 3 heterocycles. The molecule has 2 aromatic rings. The van der Waals surface area contributed by atoms with Gasteiger partial charge < -0.3 is 30.2 Å². The molecular formula is C28H35F3N7O5P. The van der Waals surface area contributed by atoms with Crippen LogP contribution >= 0.6 is 7.60 Å². The second kappa shape index (κ2) is 14.4. The number of nitriles is 1. The third kappa shape index (κ3) is 9.38. The van der Waals surface area contributed by atoms with E-state index in [1.54, 1.807) is 21.9 Å². The number of nitrogens with one attached hydrogen (secondary N) is 2. The van der Waals surface area contributed by atoms with Gasteiger partial charge in [-0.3, -0.25) is 14.2 Å². The minimum atomic E-state index is -4.77. The average molecular weight is 638 g/mol. The van der Waals surface area contributed by atoms with Gasteiger partial charge in [0.2, 0.25) is 17.6 Å². The lowest BCUT2D eigenvalue weighted by molar-refractivity contribution is -0.144. The van der Waals surface area contributed by atoms with Gasteiger partial charge in [-0.2, -0.15) is 18.4 Å². The normalized spacial score (nSPS) is 17.5. The van der Waals surface area contributed by atoms with Crippen molar-refractivity contribution in [2.45, 2.75) is 57.2 Å². The molecule has 16 heteroatoms. The Morgan fingerprint density at radius 2 is 1.73 bits per heavy atom. The molecule has 0 unspecified atom stereocenters. The molecule has 2 aliphatic rings. The molecular weight excluding hydrogens is 602 g/mol. The van der Waals surface area contributed by atoms with Crippen LogP contribution in [0.2, 0.25) is 0 Å². The van der Waals surface area contributed by atoms with E-state index in [1.165, 1.54) is 6.07 Å². The molecule has 2 fully saturated rings. The largest absolute Gasteiger partial charge is 0.451 e. The van der Waals surface area contributed by atoms with E-state index in [9.17, 15) is 27.3 Å². The van der Waals surface area contributed by atoms with Gasteiger partial charge in [-0.05, 0) is 62.1 Å². The fraction of sp³-hybridized carbons (Fsp3) is 0.536. The zero-order valence-electron chi connectivity index (χ0n) is 24.0. The molecule has 12 nitrogen and oxygen atoms in total. The van der Waals surface area contributed by atoms with Gasteiger partial charge in [0, 0.05) is 38.7 Å². The van der Waals surface area contributed by atoms with Crippen molar-refractivity contribution < 1.29 is 37.1 Å². The van der Waals surface area contributed by atoms with E-state index in [1.807, 2.05) is 18.2 Å². The maximum Gasteiger partial charge on any atom is 0.451 e. The maximum atomic E-state index is 13.8. The van der Waals surface area contributed by atoms with Gasteiger partial charge in [-0.15, -0.1) is 0 Å². The molecule has 1 aromatic heterocycles. The number of amides is 2. The number of hydrogen-bond donors (Lipinski definition) is 4. The first-order valence-corrected chi connectivity index (χ1v) is 16.2. The highest BCUT2D eigenvalue weighted by atomic mass is 31.2. The molecule has 0 bridgehead atoms. The van der Waals surface area contributed by atoms with Gasteiger partial charge in [0.05, 0.1) is 11.6 Å². The highest BCUT2D eigenvalue weighted by Crippen LogP contribution is 2.35. The first-order valence-electron chi connectivity index (χ1n) is 14.4. The number of alkyl halides is 3. The van der Waals surface area contributed by atoms with E-state index < -0.39 is 37.8 Å². The van der Waals surface area contributed by atoms with Crippen LogP contribution < -0.4 is 20.4 Å². The van der Waals surface area contributed by atoms with Crippen LogP contribution in [0.4, 0.5) is 24.8 Å². The number of nitrogens with zero attached hydrogens (tertiary/aromatic N) is 5. The molecule has 1 aromatic carbocycles. The van der Waals surface area contributed by atoms with Crippen molar-refractivity contribution in [3.05, 3.63) is 47.3 Å². The summed E-state index contributed by atoms with van der Waals surface area (Å²) in [5, 5.41) is 14.0. The zero-order chi connectivity index (χ0) is 31.9. The smallest absolute Gasteiger partial charge is 0.356 e. The molecule has 2 amide bonds. The van der Waals surface area contributed by atoms with Gasteiger partial charge in [0.15, 0.2) is 0 Å². The molecule has 2 aliphatic heterocycles. The van der Waals surface area contributed by atoms with Crippen LogP contribution in [-0.4, -0.2) is 70.1 Å². The Kier molecular flexibility index (Phi) is 10.8. The van der Waals surface area contributed by atoms with Gasteiger partial charge in [-0.25, -0.2) is 9.97 Å². The molecule has 4 rings (SSSR count). The number of anilines is 2. The van der Waals surface area contributed by atoms with Crippen molar-refractivity contribution in [3.8, 4) is 6.07 Å².